The lowest BCUT2D eigenvalue weighted by Crippen LogP contribution is -2.36. The van der Waals surface area contributed by atoms with Crippen LogP contribution in [0.25, 0.3) is 10.9 Å². The molecule has 4 aromatic rings. The maximum atomic E-state index is 12.9. The number of hydrogen-bond donors (Lipinski definition) is 0. The zero-order valence-electron chi connectivity index (χ0n) is 22.6. The molecule has 6 rings (SSSR count). The number of anilines is 1. The van der Waals surface area contributed by atoms with Crippen LogP contribution in [0.4, 0.5) is 5.69 Å². The molecule has 0 fully saturated rings. The molecule has 0 radical (unpaired) electrons. The summed E-state index contributed by atoms with van der Waals surface area (Å²) >= 11 is 0. The summed E-state index contributed by atoms with van der Waals surface area (Å²) in [5, 5.41) is 0.910. The van der Waals surface area contributed by atoms with Gasteiger partial charge in [-0.3, -0.25) is 34.0 Å². The van der Waals surface area contributed by atoms with E-state index in [1.807, 2.05) is 24.3 Å². The predicted molar refractivity (Wildman–Crippen MR) is 153 cm³/mol. The number of imide groups is 2. The molecular formula is C32H28N4O5. The topological polar surface area (TPSA) is 100 Å². The number of nitrogens with zero attached hydrogens (tertiary/aromatic N) is 4. The fourth-order valence-corrected chi connectivity index (χ4v) is 5.58. The molecule has 2 aliphatic rings. The Bertz CT molecular complexity index is 1550. The summed E-state index contributed by atoms with van der Waals surface area (Å²) < 4.78 is 5.56. The monoisotopic (exact) mass is 548 g/mol. The Labute approximate surface area is 236 Å². The first-order valence-corrected chi connectivity index (χ1v) is 13.6. The molecule has 3 heterocycles. The number of fused-ring (bicyclic) bond motifs is 3. The molecule has 0 aliphatic carbocycles. The molecule has 3 aromatic carbocycles. The van der Waals surface area contributed by atoms with Crippen molar-refractivity contribution < 1.29 is 23.9 Å². The number of methoxy groups -OCH3 is 1. The van der Waals surface area contributed by atoms with Gasteiger partial charge in [0.05, 0.1) is 40.6 Å². The summed E-state index contributed by atoms with van der Waals surface area (Å²) in [6.45, 7) is 1.54. The smallest absolute Gasteiger partial charge is 0.261 e. The lowest BCUT2D eigenvalue weighted by molar-refractivity contribution is 0.0640. The van der Waals surface area contributed by atoms with Crippen LogP contribution < -0.4 is 9.64 Å². The minimum absolute atomic E-state index is 0.260. The molecule has 0 atom stereocenters. The Morgan fingerprint density at radius 3 is 1.63 bits per heavy atom. The first-order chi connectivity index (χ1) is 20.0. The van der Waals surface area contributed by atoms with Crippen LogP contribution in [0.5, 0.6) is 5.75 Å². The van der Waals surface area contributed by atoms with E-state index < -0.39 is 0 Å². The van der Waals surface area contributed by atoms with Gasteiger partial charge < -0.3 is 9.64 Å². The Morgan fingerprint density at radius 1 is 0.683 bits per heavy atom. The zero-order valence-corrected chi connectivity index (χ0v) is 22.6. The third-order valence-corrected chi connectivity index (χ3v) is 7.61. The predicted octanol–water partition coefficient (Wildman–Crippen LogP) is 4.42. The number of aromatic nitrogens is 1. The van der Waals surface area contributed by atoms with Crippen LogP contribution in [0, 0.1) is 0 Å². The second-order valence-corrected chi connectivity index (χ2v) is 10.0. The number of pyridine rings is 1. The molecule has 9 heteroatoms. The second kappa shape index (κ2) is 10.8. The highest BCUT2D eigenvalue weighted by molar-refractivity contribution is 6.22. The van der Waals surface area contributed by atoms with Crippen molar-refractivity contribution in [2.45, 2.75) is 12.8 Å². The molecule has 41 heavy (non-hydrogen) atoms. The number of amides is 4. The summed E-state index contributed by atoms with van der Waals surface area (Å²) in [4.78, 5) is 60.8. The van der Waals surface area contributed by atoms with Crippen molar-refractivity contribution >= 4 is 40.2 Å². The Kier molecular flexibility index (Phi) is 6.93. The van der Waals surface area contributed by atoms with Gasteiger partial charge in [-0.15, -0.1) is 0 Å². The first-order valence-electron chi connectivity index (χ1n) is 13.6. The third-order valence-electron chi connectivity index (χ3n) is 7.61. The van der Waals surface area contributed by atoms with Gasteiger partial charge in [0.2, 0.25) is 0 Å². The van der Waals surface area contributed by atoms with Gasteiger partial charge in [-0.1, -0.05) is 30.3 Å². The summed E-state index contributed by atoms with van der Waals surface area (Å²) in [5.74, 6) is -0.453. The van der Waals surface area contributed by atoms with Gasteiger partial charge in [-0.2, -0.15) is 0 Å². The summed E-state index contributed by atoms with van der Waals surface area (Å²) in [5.41, 5.74) is 3.34. The van der Waals surface area contributed by atoms with E-state index in [9.17, 15) is 19.2 Å². The van der Waals surface area contributed by atoms with Crippen molar-refractivity contribution in [3.63, 3.8) is 0 Å². The summed E-state index contributed by atoms with van der Waals surface area (Å²) in [6.07, 6.45) is 2.77. The highest BCUT2D eigenvalue weighted by Gasteiger charge is 2.36. The van der Waals surface area contributed by atoms with E-state index in [0.29, 0.717) is 53.9 Å². The van der Waals surface area contributed by atoms with E-state index in [1.54, 1.807) is 61.8 Å². The van der Waals surface area contributed by atoms with Crippen LogP contribution in [-0.4, -0.2) is 71.7 Å². The van der Waals surface area contributed by atoms with Gasteiger partial charge in [0.15, 0.2) is 0 Å². The zero-order chi connectivity index (χ0) is 28.5. The van der Waals surface area contributed by atoms with Gasteiger partial charge in [0.25, 0.3) is 23.6 Å². The van der Waals surface area contributed by atoms with Crippen molar-refractivity contribution in [2.24, 2.45) is 0 Å². The largest absolute Gasteiger partial charge is 0.497 e. The molecule has 4 amide bonds. The number of carbonyl (C=O) groups excluding carboxylic acids is 4. The quantitative estimate of drug-likeness (QED) is 0.271. The van der Waals surface area contributed by atoms with Crippen LogP contribution in [0.2, 0.25) is 0 Å². The minimum atomic E-state index is -0.281. The lowest BCUT2D eigenvalue weighted by atomic mass is 10.1. The van der Waals surface area contributed by atoms with E-state index >= 15 is 0 Å². The number of ether oxygens (including phenoxy) is 1. The fourth-order valence-electron chi connectivity index (χ4n) is 5.58. The Morgan fingerprint density at radius 2 is 1.17 bits per heavy atom. The van der Waals surface area contributed by atoms with Crippen LogP contribution in [-0.2, 0) is 0 Å². The number of rotatable bonds is 10. The molecule has 1 aromatic heterocycles. The van der Waals surface area contributed by atoms with Crippen molar-refractivity contribution in [3.05, 3.63) is 101 Å². The van der Waals surface area contributed by atoms with Crippen molar-refractivity contribution in [1.29, 1.82) is 0 Å². The molecule has 2 aliphatic heterocycles. The number of hydrogen-bond acceptors (Lipinski definition) is 7. The van der Waals surface area contributed by atoms with Crippen LogP contribution >= 0.6 is 0 Å². The van der Waals surface area contributed by atoms with Gasteiger partial charge in [0.1, 0.15) is 5.75 Å². The SMILES string of the molecule is COc1cc(N(CCCN2C(=O)c3ccccc3C2=O)CCCN2C(=O)c3ccccc3C2=O)c2ncccc2c1. The molecule has 0 saturated carbocycles. The Balaban J connectivity index is 1.21. The van der Waals surface area contributed by atoms with Crippen LogP contribution in [0.3, 0.4) is 0 Å². The van der Waals surface area contributed by atoms with Gasteiger partial charge >= 0.3 is 0 Å². The second-order valence-electron chi connectivity index (χ2n) is 10.0. The van der Waals surface area contributed by atoms with E-state index in [-0.39, 0.29) is 36.7 Å². The van der Waals surface area contributed by atoms with Gasteiger partial charge in [-0.25, -0.2) is 0 Å². The minimum Gasteiger partial charge on any atom is -0.497 e. The van der Waals surface area contributed by atoms with Crippen molar-refractivity contribution in [3.8, 4) is 5.75 Å². The average molecular weight is 549 g/mol. The number of carbonyl (C=O) groups is 4. The lowest BCUT2D eigenvalue weighted by Gasteiger charge is -2.28. The van der Waals surface area contributed by atoms with E-state index in [4.69, 9.17) is 4.74 Å². The highest BCUT2D eigenvalue weighted by atomic mass is 16.5. The average Bonchev–Trinajstić information content (AvgIpc) is 3.40. The molecule has 0 bridgehead atoms. The van der Waals surface area contributed by atoms with Crippen LogP contribution in [0.15, 0.2) is 79.0 Å². The van der Waals surface area contributed by atoms with Crippen molar-refractivity contribution in [2.75, 3.05) is 38.2 Å². The first kappa shape index (κ1) is 26.2. The molecule has 0 saturated heterocycles. The standard InChI is InChI=1S/C32H28N4O5/c1-41-22-19-21-9-6-14-33-28(21)27(20-22)34(15-7-17-35-29(37)23-10-2-3-11-24(23)30(35)38)16-8-18-36-31(39)25-12-4-5-13-26(25)32(36)40/h2-6,9-14,19-20H,7-8,15-18H2,1H3. The molecule has 0 N–H and O–H groups in total. The molecule has 9 nitrogen and oxygen atoms in total. The molecular weight excluding hydrogens is 520 g/mol. The normalized spacial score (nSPS) is 14.2. The fraction of sp³-hybridized carbons (Fsp3) is 0.219. The maximum Gasteiger partial charge on any atom is 0.261 e. The Hall–Kier alpha value is -5.05. The molecule has 206 valence electrons. The van der Waals surface area contributed by atoms with E-state index in [2.05, 4.69) is 9.88 Å². The van der Waals surface area contributed by atoms with E-state index in [0.717, 1.165) is 16.6 Å². The third kappa shape index (κ3) is 4.69. The maximum absolute atomic E-state index is 12.9. The number of benzene rings is 3. The molecule has 0 unspecified atom stereocenters. The van der Waals surface area contributed by atoms with Crippen molar-refractivity contribution in [1.82, 2.24) is 14.8 Å². The summed E-state index contributed by atoms with van der Waals surface area (Å²) in [6, 6.07) is 21.4. The molecule has 0 spiro atoms. The van der Waals surface area contributed by atoms with E-state index in [1.165, 1.54) is 9.80 Å². The van der Waals surface area contributed by atoms with Gasteiger partial charge in [0, 0.05) is 43.8 Å². The highest BCUT2D eigenvalue weighted by Crippen LogP contribution is 2.32. The van der Waals surface area contributed by atoms with Gasteiger partial charge in [-0.05, 0) is 49.2 Å². The summed E-state index contributed by atoms with van der Waals surface area (Å²) in [7, 11) is 1.61. The van der Waals surface area contributed by atoms with Crippen LogP contribution in [0.1, 0.15) is 54.3 Å².